The summed E-state index contributed by atoms with van der Waals surface area (Å²) in [4.78, 5) is 12.4. The number of nitrogens with zero attached hydrogens (tertiary/aromatic N) is 2. The first-order valence-corrected chi connectivity index (χ1v) is 8.29. The molecule has 3 rings (SSSR count). The number of hydrogen-bond acceptors (Lipinski definition) is 3. The average Bonchev–Trinajstić information content (AvgIpc) is 3.04. The Morgan fingerprint density at radius 2 is 1.88 bits per heavy atom. The highest BCUT2D eigenvalue weighted by Crippen LogP contribution is 2.18. The van der Waals surface area contributed by atoms with E-state index >= 15 is 0 Å². The van der Waals surface area contributed by atoms with E-state index < -0.39 is 6.10 Å². The Kier molecular flexibility index (Phi) is 5.36. The molecular weight excluding hydrogens is 338 g/mol. The van der Waals surface area contributed by atoms with E-state index in [1.165, 1.54) is 0 Å². The standard InChI is InChI=1S/C19H18ClN3O2/c1-14(25-16-8-3-2-4-9-16)19(24)22-18-11-12-21-23(18)13-15-7-5-6-10-17(15)20/h2-12,14H,13H2,1H3,(H,22,24)/t14-/m1/s1. The van der Waals surface area contributed by atoms with Crippen LogP contribution in [0, 0.1) is 0 Å². The summed E-state index contributed by atoms with van der Waals surface area (Å²) in [5.41, 5.74) is 0.928. The van der Waals surface area contributed by atoms with Crippen LogP contribution in [0.25, 0.3) is 0 Å². The molecule has 0 bridgehead atoms. The van der Waals surface area contributed by atoms with Crippen molar-refractivity contribution in [3.8, 4) is 5.75 Å². The second-order valence-electron chi connectivity index (χ2n) is 5.53. The monoisotopic (exact) mass is 355 g/mol. The molecule has 1 heterocycles. The first-order chi connectivity index (χ1) is 12.1. The van der Waals surface area contributed by atoms with Crippen molar-refractivity contribution in [2.75, 3.05) is 5.32 Å². The summed E-state index contributed by atoms with van der Waals surface area (Å²) in [5, 5.41) is 7.76. The highest BCUT2D eigenvalue weighted by atomic mass is 35.5. The molecule has 0 saturated heterocycles. The Morgan fingerprint density at radius 1 is 1.16 bits per heavy atom. The first-order valence-electron chi connectivity index (χ1n) is 7.91. The predicted octanol–water partition coefficient (Wildman–Crippen LogP) is 3.99. The topological polar surface area (TPSA) is 56.1 Å². The molecule has 1 aromatic heterocycles. The first kappa shape index (κ1) is 17.0. The molecule has 2 aromatic carbocycles. The van der Waals surface area contributed by atoms with Gasteiger partial charge in [-0.25, -0.2) is 4.68 Å². The van der Waals surface area contributed by atoms with Crippen LogP contribution in [-0.2, 0) is 11.3 Å². The fraction of sp³-hybridized carbons (Fsp3) is 0.158. The molecule has 128 valence electrons. The molecule has 1 N–H and O–H groups in total. The number of amides is 1. The van der Waals surface area contributed by atoms with Gasteiger partial charge in [0, 0.05) is 11.1 Å². The lowest BCUT2D eigenvalue weighted by Gasteiger charge is -2.15. The van der Waals surface area contributed by atoms with E-state index in [0.29, 0.717) is 23.1 Å². The smallest absolute Gasteiger partial charge is 0.266 e. The maximum atomic E-state index is 12.4. The van der Waals surface area contributed by atoms with Gasteiger partial charge in [-0.2, -0.15) is 5.10 Å². The van der Waals surface area contributed by atoms with Crippen LogP contribution in [-0.4, -0.2) is 21.8 Å². The van der Waals surface area contributed by atoms with E-state index in [2.05, 4.69) is 10.4 Å². The second-order valence-corrected chi connectivity index (χ2v) is 5.94. The van der Waals surface area contributed by atoms with Crippen molar-refractivity contribution in [2.24, 2.45) is 0 Å². The third-order valence-electron chi connectivity index (χ3n) is 3.67. The highest BCUT2D eigenvalue weighted by molar-refractivity contribution is 6.31. The van der Waals surface area contributed by atoms with E-state index in [1.807, 2.05) is 54.6 Å². The second kappa shape index (κ2) is 7.85. The lowest BCUT2D eigenvalue weighted by Crippen LogP contribution is -2.31. The number of hydrogen-bond donors (Lipinski definition) is 1. The van der Waals surface area contributed by atoms with Gasteiger partial charge in [0.25, 0.3) is 5.91 Å². The summed E-state index contributed by atoms with van der Waals surface area (Å²) in [6, 6.07) is 18.5. The Balaban J connectivity index is 1.66. The normalized spacial score (nSPS) is 11.8. The molecule has 0 fully saturated rings. The van der Waals surface area contributed by atoms with Crippen molar-refractivity contribution in [3.05, 3.63) is 77.4 Å². The van der Waals surface area contributed by atoms with Crippen LogP contribution in [0.3, 0.4) is 0 Å². The van der Waals surface area contributed by atoms with Crippen LogP contribution >= 0.6 is 11.6 Å². The van der Waals surface area contributed by atoms with Crippen LogP contribution in [0.15, 0.2) is 66.9 Å². The molecular formula is C19H18ClN3O2. The largest absolute Gasteiger partial charge is 0.481 e. The molecule has 1 atom stereocenters. The van der Waals surface area contributed by atoms with Crippen molar-refractivity contribution in [1.82, 2.24) is 9.78 Å². The van der Waals surface area contributed by atoms with Crippen LogP contribution in [0.5, 0.6) is 5.75 Å². The summed E-state index contributed by atoms with van der Waals surface area (Å²) < 4.78 is 7.33. The molecule has 25 heavy (non-hydrogen) atoms. The van der Waals surface area contributed by atoms with Crippen LogP contribution in [0.4, 0.5) is 5.82 Å². The fourth-order valence-corrected chi connectivity index (χ4v) is 2.53. The number of anilines is 1. The fourth-order valence-electron chi connectivity index (χ4n) is 2.34. The maximum absolute atomic E-state index is 12.4. The summed E-state index contributed by atoms with van der Waals surface area (Å²) in [5.74, 6) is 0.993. The van der Waals surface area contributed by atoms with Crippen LogP contribution in [0.2, 0.25) is 5.02 Å². The number of nitrogens with one attached hydrogen (secondary N) is 1. The van der Waals surface area contributed by atoms with Gasteiger partial charge < -0.3 is 10.1 Å². The molecule has 0 saturated carbocycles. The van der Waals surface area contributed by atoms with Gasteiger partial charge in [-0.1, -0.05) is 48.0 Å². The van der Waals surface area contributed by atoms with Crippen molar-refractivity contribution < 1.29 is 9.53 Å². The molecule has 0 radical (unpaired) electrons. The molecule has 0 spiro atoms. The van der Waals surface area contributed by atoms with E-state index in [1.54, 1.807) is 23.9 Å². The number of para-hydroxylation sites is 1. The molecule has 5 nitrogen and oxygen atoms in total. The molecule has 3 aromatic rings. The van der Waals surface area contributed by atoms with Gasteiger partial charge in [-0.3, -0.25) is 4.79 Å². The van der Waals surface area contributed by atoms with Crippen LogP contribution < -0.4 is 10.1 Å². The van der Waals surface area contributed by atoms with E-state index in [0.717, 1.165) is 5.56 Å². The van der Waals surface area contributed by atoms with E-state index in [4.69, 9.17) is 16.3 Å². The van der Waals surface area contributed by atoms with Gasteiger partial charge in [0.2, 0.25) is 0 Å². The SMILES string of the molecule is C[C@@H](Oc1ccccc1)C(=O)Nc1ccnn1Cc1ccccc1Cl. The van der Waals surface area contributed by atoms with E-state index in [9.17, 15) is 4.79 Å². The van der Waals surface area contributed by atoms with Gasteiger partial charge in [-0.05, 0) is 30.7 Å². The summed E-state index contributed by atoms with van der Waals surface area (Å²) >= 11 is 6.19. The van der Waals surface area contributed by atoms with Crippen molar-refractivity contribution in [1.29, 1.82) is 0 Å². The summed E-state index contributed by atoms with van der Waals surface area (Å²) in [6.07, 6.45) is 1.00. The molecule has 0 aliphatic carbocycles. The lowest BCUT2D eigenvalue weighted by atomic mass is 10.2. The minimum absolute atomic E-state index is 0.246. The number of carbonyl (C=O) groups excluding carboxylic acids is 1. The lowest BCUT2D eigenvalue weighted by molar-refractivity contribution is -0.122. The zero-order chi connectivity index (χ0) is 17.6. The number of rotatable bonds is 6. The van der Waals surface area contributed by atoms with Crippen molar-refractivity contribution in [3.63, 3.8) is 0 Å². The van der Waals surface area contributed by atoms with Gasteiger partial charge in [0.1, 0.15) is 11.6 Å². The Morgan fingerprint density at radius 3 is 2.64 bits per heavy atom. The minimum Gasteiger partial charge on any atom is -0.481 e. The minimum atomic E-state index is -0.633. The van der Waals surface area contributed by atoms with Crippen LogP contribution in [0.1, 0.15) is 12.5 Å². The number of carbonyl (C=O) groups is 1. The Labute approximate surface area is 151 Å². The number of benzene rings is 2. The highest BCUT2D eigenvalue weighted by Gasteiger charge is 2.17. The van der Waals surface area contributed by atoms with E-state index in [-0.39, 0.29) is 5.91 Å². The summed E-state index contributed by atoms with van der Waals surface area (Å²) in [6.45, 7) is 2.17. The van der Waals surface area contributed by atoms with Gasteiger partial charge in [0.05, 0.1) is 12.7 Å². The number of aromatic nitrogens is 2. The molecule has 0 unspecified atom stereocenters. The zero-order valence-corrected chi connectivity index (χ0v) is 14.5. The molecule has 0 aliphatic rings. The molecule has 1 amide bonds. The molecule has 0 aliphatic heterocycles. The van der Waals surface area contributed by atoms with Gasteiger partial charge in [0.15, 0.2) is 6.10 Å². The summed E-state index contributed by atoms with van der Waals surface area (Å²) in [7, 11) is 0. The molecule has 6 heteroatoms. The van der Waals surface area contributed by atoms with Gasteiger partial charge in [-0.15, -0.1) is 0 Å². The van der Waals surface area contributed by atoms with Crippen molar-refractivity contribution in [2.45, 2.75) is 19.6 Å². The number of ether oxygens (including phenoxy) is 1. The Bertz CT molecular complexity index is 849. The predicted molar refractivity (Wildman–Crippen MR) is 97.9 cm³/mol. The zero-order valence-electron chi connectivity index (χ0n) is 13.7. The average molecular weight is 356 g/mol. The maximum Gasteiger partial charge on any atom is 0.266 e. The van der Waals surface area contributed by atoms with Crippen molar-refractivity contribution >= 4 is 23.3 Å². The number of halogens is 1. The Hall–Kier alpha value is -2.79. The third kappa shape index (κ3) is 4.39. The third-order valence-corrected chi connectivity index (χ3v) is 4.04. The van der Waals surface area contributed by atoms with Gasteiger partial charge >= 0.3 is 0 Å². The quantitative estimate of drug-likeness (QED) is 0.727.